The zero-order chi connectivity index (χ0) is 13.4. The zero-order valence-electron chi connectivity index (χ0n) is 11.0. The van der Waals surface area contributed by atoms with Crippen LogP contribution in [-0.2, 0) is 0 Å². The van der Waals surface area contributed by atoms with Crippen LogP contribution in [-0.4, -0.2) is 23.2 Å². The van der Waals surface area contributed by atoms with Crippen molar-refractivity contribution in [1.29, 1.82) is 0 Å². The highest BCUT2D eigenvalue weighted by Crippen LogP contribution is 2.28. The molecule has 1 aromatic carbocycles. The molecule has 2 aromatic heterocycles. The first-order valence-corrected chi connectivity index (χ1v) is 6.93. The molecule has 0 spiro atoms. The first-order chi connectivity index (χ1) is 9.90. The molecule has 1 N–H and O–H groups in total. The van der Waals surface area contributed by atoms with Gasteiger partial charge in [0.25, 0.3) is 0 Å². The Morgan fingerprint density at radius 1 is 1.25 bits per heavy atom. The standard InChI is InChI=1S/C15H15N3O2/c1-2-6-12-10(4-1)8-13(19-12)14-17-15(20-18-14)11-5-3-7-16-9-11/h1-2,4,6,8,11,16H,3,5,7,9H2/t11-/m0/s1. The summed E-state index contributed by atoms with van der Waals surface area (Å²) < 4.78 is 11.1. The summed E-state index contributed by atoms with van der Waals surface area (Å²) in [6, 6.07) is 9.82. The number of aromatic nitrogens is 2. The molecule has 1 fully saturated rings. The molecule has 0 radical (unpaired) electrons. The lowest BCUT2D eigenvalue weighted by molar-refractivity contribution is 0.322. The first-order valence-electron chi connectivity index (χ1n) is 6.93. The normalized spacial score (nSPS) is 19.5. The molecule has 0 amide bonds. The van der Waals surface area contributed by atoms with Crippen LogP contribution < -0.4 is 5.32 Å². The van der Waals surface area contributed by atoms with Crippen LogP contribution in [0.3, 0.4) is 0 Å². The van der Waals surface area contributed by atoms with Crippen molar-refractivity contribution >= 4 is 11.0 Å². The minimum atomic E-state index is 0.314. The van der Waals surface area contributed by atoms with Gasteiger partial charge in [-0.25, -0.2) is 0 Å². The highest BCUT2D eigenvalue weighted by molar-refractivity contribution is 5.81. The Hall–Kier alpha value is -2.14. The second-order valence-electron chi connectivity index (χ2n) is 5.15. The number of furan rings is 1. The maximum atomic E-state index is 5.75. The van der Waals surface area contributed by atoms with E-state index in [2.05, 4.69) is 15.5 Å². The quantitative estimate of drug-likeness (QED) is 0.775. The summed E-state index contributed by atoms with van der Waals surface area (Å²) >= 11 is 0. The minimum absolute atomic E-state index is 0.314. The smallest absolute Gasteiger partial charge is 0.238 e. The third kappa shape index (κ3) is 2.00. The number of nitrogens with zero attached hydrogens (tertiary/aromatic N) is 2. The van der Waals surface area contributed by atoms with E-state index in [0.717, 1.165) is 36.9 Å². The van der Waals surface area contributed by atoms with Crippen LogP contribution in [0.25, 0.3) is 22.6 Å². The SMILES string of the molecule is c1ccc2oc(-c3noc([C@H]4CCCNC4)n3)cc2c1. The Labute approximate surface area is 116 Å². The predicted molar refractivity (Wildman–Crippen MR) is 74.4 cm³/mol. The van der Waals surface area contributed by atoms with E-state index in [9.17, 15) is 0 Å². The fourth-order valence-corrected chi connectivity index (χ4v) is 2.66. The van der Waals surface area contributed by atoms with Crippen molar-refractivity contribution in [2.45, 2.75) is 18.8 Å². The molecule has 1 saturated heterocycles. The highest BCUT2D eigenvalue weighted by Gasteiger charge is 2.22. The number of hydrogen-bond acceptors (Lipinski definition) is 5. The van der Waals surface area contributed by atoms with Crippen LogP contribution in [0.5, 0.6) is 0 Å². The molecular weight excluding hydrogens is 254 g/mol. The van der Waals surface area contributed by atoms with Gasteiger partial charge in [-0.3, -0.25) is 0 Å². The predicted octanol–water partition coefficient (Wildman–Crippen LogP) is 2.95. The van der Waals surface area contributed by atoms with E-state index in [1.807, 2.05) is 30.3 Å². The lowest BCUT2D eigenvalue weighted by Crippen LogP contribution is -2.28. The molecule has 3 aromatic rings. The summed E-state index contributed by atoms with van der Waals surface area (Å²) in [4.78, 5) is 4.49. The van der Waals surface area contributed by atoms with Crippen LogP contribution in [0.15, 0.2) is 39.3 Å². The third-order valence-corrected chi connectivity index (χ3v) is 3.73. The molecule has 3 heterocycles. The Kier molecular flexibility index (Phi) is 2.77. The molecule has 0 bridgehead atoms. The van der Waals surface area contributed by atoms with Gasteiger partial charge >= 0.3 is 0 Å². The van der Waals surface area contributed by atoms with Gasteiger partial charge in [0, 0.05) is 11.9 Å². The number of para-hydroxylation sites is 1. The lowest BCUT2D eigenvalue weighted by Gasteiger charge is -2.18. The third-order valence-electron chi connectivity index (χ3n) is 3.73. The number of rotatable bonds is 2. The fourth-order valence-electron chi connectivity index (χ4n) is 2.66. The maximum Gasteiger partial charge on any atom is 0.238 e. The molecule has 1 aliphatic rings. The van der Waals surface area contributed by atoms with Crippen LogP contribution in [0.2, 0.25) is 0 Å². The van der Waals surface area contributed by atoms with Crippen molar-refractivity contribution in [2.75, 3.05) is 13.1 Å². The molecule has 0 aliphatic carbocycles. The van der Waals surface area contributed by atoms with E-state index < -0.39 is 0 Å². The second-order valence-corrected chi connectivity index (χ2v) is 5.15. The lowest BCUT2D eigenvalue weighted by atomic mass is 10.00. The number of benzene rings is 1. The van der Waals surface area contributed by atoms with Gasteiger partial charge < -0.3 is 14.3 Å². The molecule has 4 rings (SSSR count). The monoisotopic (exact) mass is 269 g/mol. The Bertz CT molecular complexity index is 692. The van der Waals surface area contributed by atoms with Crippen molar-refractivity contribution in [3.8, 4) is 11.6 Å². The number of hydrogen-bond donors (Lipinski definition) is 1. The second kappa shape index (κ2) is 4.76. The largest absolute Gasteiger partial charge is 0.453 e. The van der Waals surface area contributed by atoms with Gasteiger partial charge in [0.2, 0.25) is 11.7 Å². The van der Waals surface area contributed by atoms with Crippen LogP contribution in [0.1, 0.15) is 24.7 Å². The van der Waals surface area contributed by atoms with Crippen molar-refractivity contribution in [2.24, 2.45) is 0 Å². The minimum Gasteiger partial charge on any atom is -0.453 e. The van der Waals surface area contributed by atoms with Gasteiger partial charge in [-0.2, -0.15) is 4.98 Å². The van der Waals surface area contributed by atoms with Crippen molar-refractivity contribution in [3.05, 3.63) is 36.2 Å². The molecule has 0 saturated carbocycles. The molecular formula is C15H15N3O2. The molecule has 1 aliphatic heterocycles. The van der Waals surface area contributed by atoms with Gasteiger partial charge in [-0.1, -0.05) is 23.4 Å². The summed E-state index contributed by atoms with van der Waals surface area (Å²) in [7, 11) is 0. The Morgan fingerprint density at radius 2 is 2.20 bits per heavy atom. The van der Waals surface area contributed by atoms with E-state index in [1.54, 1.807) is 0 Å². The van der Waals surface area contributed by atoms with E-state index in [4.69, 9.17) is 8.94 Å². The first kappa shape index (κ1) is 11.7. The highest BCUT2D eigenvalue weighted by atomic mass is 16.5. The summed E-state index contributed by atoms with van der Waals surface area (Å²) in [6.45, 7) is 1.98. The topological polar surface area (TPSA) is 64.1 Å². The number of nitrogens with one attached hydrogen (secondary N) is 1. The van der Waals surface area contributed by atoms with Crippen molar-refractivity contribution < 1.29 is 8.94 Å². The van der Waals surface area contributed by atoms with E-state index in [-0.39, 0.29) is 0 Å². The van der Waals surface area contributed by atoms with Gasteiger partial charge in [0.15, 0.2) is 5.76 Å². The summed E-state index contributed by atoms with van der Waals surface area (Å²) in [5.41, 5.74) is 0.841. The summed E-state index contributed by atoms with van der Waals surface area (Å²) in [6.07, 6.45) is 2.24. The average molecular weight is 269 g/mol. The molecule has 20 heavy (non-hydrogen) atoms. The summed E-state index contributed by atoms with van der Waals surface area (Å²) in [5.74, 6) is 2.20. The van der Waals surface area contributed by atoms with E-state index >= 15 is 0 Å². The Morgan fingerprint density at radius 3 is 3.05 bits per heavy atom. The van der Waals surface area contributed by atoms with Crippen LogP contribution in [0.4, 0.5) is 0 Å². The maximum absolute atomic E-state index is 5.75. The molecule has 5 nitrogen and oxygen atoms in total. The Balaban J connectivity index is 1.66. The average Bonchev–Trinajstić information content (AvgIpc) is 3.14. The fraction of sp³-hybridized carbons (Fsp3) is 0.333. The van der Waals surface area contributed by atoms with Crippen LogP contribution in [0, 0.1) is 0 Å². The zero-order valence-corrected chi connectivity index (χ0v) is 11.0. The number of piperidine rings is 1. The summed E-state index contributed by atoms with van der Waals surface area (Å²) in [5, 5.41) is 8.45. The van der Waals surface area contributed by atoms with Crippen molar-refractivity contribution in [3.63, 3.8) is 0 Å². The van der Waals surface area contributed by atoms with Crippen molar-refractivity contribution in [1.82, 2.24) is 15.5 Å². The molecule has 0 unspecified atom stereocenters. The van der Waals surface area contributed by atoms with Gasteiger partial charge in [-0.05, 0) is 31.5 Å². The van der Waals surface area contributed by atoms with Gasteiger partial charge in [0.05, 0.1) is 5.92 Å². The molecule has 5 heteroatoms. The van der Waals surface area contributed by atoms with E-state index in [1.165, 1.54) is 0 Å². The molecule has 1 atom stereocenters. The molecule has 102 valence electrons. The van der Waals surface area contributed by atoms with Crippen LogP contribution >= 0.6 is 0 Å². The number of fused-ring (bicyclic) bond motifs is 1. The van der Waals surface area contributed by atoms with Gasteiger partial charge in [0.1, 0.15) is 5.58 Å². The van der Waals surface area contributed by atoms with E-state index in [0.29, 0.717) is 23.4 Å². The van der Waals surface area contributed by atoms with Gasteiger partial charge in [-0.15, -0.1) is 0 Å².